The van der Waals surface area contributed by atoms with Gasteiger partial charge in [0, 0.05) is 19.3 Å². The number of rotatable bonds is 9. The summed E-state index contributed by atoms with van der Waals surface area (Å²) in [5.41, 5.74) is 1.49. The molecule has 1 aliphatic heterocycles. The molecule has 2 aromatic heterocycles. The molecule has 3 heterocycles. The average molecular weight is 439 g/mol. The van der Waals surface area contributed by atoms with Crippen molar-refractivity contribution in [1.82, 2.24) is 15.0 Å². The van der Waals surface area contributed by atoms with E-state index in [0.717, 1.165) is 49.0 Å². The fourth-order valence-electron chi connectivity index (χ4n) is 3.98. The van der Waals surface area contributed by atoms with Crippen molar-refractivity contribution in [2.45, 2.75) is 52.1 Å². The van der Waals surface area contributed by atoms with Crippen LogP contribution in [0.2, 0.25) is 0 Å². The number of nitrogens with zero attached hydrogens (tertiary/aromatic N) is 3. The zero-order chi connectivity index (χ0) is 22.4. The molecule has 0 bridgehead atoms. The molecular formula is C25H34N4O3. The predicted molar refractivity (Wildman–Crippen MR) is 126 cm³/mol. The smallest absolute Gasteiger partial charge is 0.185 e. The van der Waals surface area contributed by atoms with Gasteiger partial charge in [0.2, 0.25) is 0 Å². The fourth-order valence-corrected chi connectivity index (χ4v) is 3.98. The molecule has 0 spiro atoms. The van der Waals surface area contributed by atoms with Crippen LogP contribution in [-0.4, -0.2) is 47.1 Å². The summed E-state index contributed by atoms with van der Waals surface area (Å²) >= 11 is 0. The van der Waals surface area contributed by atoms with Gasteiger partial charge in [0.1, 0.15) is 11.1 Å². The highest BCUT2D eigenvalue weighted by atomic mass is 16.5. The van der Waals surface area contributed by atoms with Crippen LogP contribution in [0.1, 0.15) is 46.5 Å². The van der Waals surface area contributed by atoms with Gasteiger partial charge in [0.15, 0.2) is 11.4 Å². The molecule has 3 aromatic rings. The maximum atomic E-state index is 6.16. The monoisotopic (exact) mass is 438 g/mol. The normalized spacial score (nSPS) is 15.8. The molecule has 0 unspecified atom stereocenters. The Morgan fingerprint density at radius 2 is 2.00 bits per heavy atom. The van der Waals surface area contributed by atoms with Gasteiger partial charge in [0.25, 0.3) is 0 Å². The van der Waals surface area contributed by atoms with Gasteiger partial charge in [-0.2, -0.15) is 0 Å². The highest BCUT2D eigenvalue weighted by Gasteiger charge is 2.21. The van der Waals surface area contributed by atoms with Crippen LogP contribution in [0.5, 0.6) is 5.75 Å². The summed E-state index contributed by atoms with van der Waals surface area (Å²) in [5.74, 6) is 2.21. The van der Waals surface area contributed by atoms with E-state index in [1.54, 1.807) is 12.4 Å². The average Bonchev–Trinajstić information content (AvgIpc) is 3.20. The summed E-state index contributed by atoms with van der Waals surface area (Å²) in [6.45, 7) is 9.98. The molecule has 32 heavy (non-hydrogen) atoms. The number of pyridine rings is 1. The molecule has 0 aliphatic carbocycles. The van der Waals surface area contributed by atoms with Gasteiger partial charge < -0.3 is 19.3 Å². The van der Waals surface area contributed by atoms with Crippen molar-refractivity contribution in [3.05, 3.63) is 42.7 Å². The second-order valence-electron chi connectivity index (χ2n) is 9.47. The quantitative estimate of drug-likeness (QED) is 0.435. The molecule has 0 radical (unpaired) electrons. The third-order valence-electron chi connectivity index (χ3n) is 5.79. The van der Waals surface area contributed by atoms with Crippen molar-refractivity contribution in [2.75, 3.05) is 31.7 Å². The van der Waals surface area contributed by atoms with Gasteiger partial charge >= 0.3 is 0 Å². The third-order valence-corrected chi connectivity index (χ3v) is 5.79. The molecular weight excluding hydrogens is 404 g/mol. The van der Waals surface area contributed by atoms with E-state index in [9.17, 15) is 0 Å². The van der Waals surface area contributed by atoms with Crippen LogP contribution in [0.15, 0.2) is 47.2 Å². The van der Waals surface area contributed by atoms with Gasteiger partial charge in [-0.25, -0.2) is 0 Å². The van der Waals surface area contributed by atoms with Crippen LogP contribution in [0.3, 0.4) is 0 Å². The molecule has 1 N–H and O–H groups in total. The Bertz CT molecular complexity index is 976. The van der Waals surface area contributed by atoms with Crippen LogP contribution in [0.4, 0.5) is 11.5 Å². The molecule has 172 valence electrons. The molecule has 1 aromatic carbocycles. The maximum absolute atomic E-state index is 6.16. The van der Waals surface area contributed by atoms with E-state index in [4.69, 9.17) is 14.0 Å². The zero-order valence-electron chi connectivity index (χ0n) is 19.3. The number of anilines is 2. The Balaban J connectivity index is 1.25. The molecule has 7 heteroatoms. The third kappa shape index (κ3) is 6.20. The van der Waals surface area contributed by atoms with Gasteiger partial charge in [0.05, 0.1) is 30.8 Å². The minimum Gasteiger partial charge on any atom is -0.493 e. The minimum absolute atomic E-state index is 0.0745. The number of piperidine rings is 1. The first-order chi connectivity index (χ1) is 15.5. The zero-order valence-corrected chi connectivity index (χ0v) is 19.3. The lowest BCUT2D eigenvalue weighted by atomic mass is 9.92. The van der Waals surface area contributed by atoms with E-state index in [1.165, 1.54) is 19.3 Å². The summed E-state index contributed by atoms with van der Waals surface area (Å²) in [5, 5.41) is 8.32. The van der Waals surface area contributed by atoms with Crippen molar-refractivity contribution in [2.24, 2.45) is 5.92 Å². The number of nitrogens with one attached hydrogen (secondary N) is 1. The van der Waals surface area contributed by atoms with Crippen molar-refractivity contribution in [1.29, 1.82) is 0 Å². The SMILES string of the molecule is CC(C)(C)OCN1CCC(CCCOc2cccc3onc(Nc4cccnc4)c23)CC1. The summed E-state index contributed by atoms with van der Waals surface area (Å²) in [6.07, 6.45) is 8.18. The predicted octanol–water partition coefficient (Wildman–Crippen LogP) is 5.61. The highest BCUT2D eigenvalue weighted by Crippen LogP contribution is 2.34. The summed E-state index contributed by atoms with van der Waals surface area (Å²) in [6, 6.07) is 9.64. The van der Waals surface area contributed by atoms with E-state index >= 15 is 0 Å². The number of hydrogen-bond acceptors (Lipinski definition) is 7. The van der Waals surface area contributed by atoms with E-state index in [-0.39, 0.29) is 5.60 Å². The number of aromatic nitrogens is 2. The Kier molecular flexibility index (Phi) is 7.27. The van der Waals surface area contributed by atoms with Crippen LogP contribution in [0.25, 0.3) is 11.0 Å². The Hall–Kier alpha value is -2.64. The minimum atomic E-state index is -0.0745. The Morgan fingerprint density at radius 3 is 2.75 bits per heavy atom. The Labute approximate surface area is 190 Å². The molecule has 7 nitrogen and oxygen atoms in total. The molecule has 1 fully saturated rings. The molecule has 1 saturated heterocycles. The number of hydrogen-bond donors (Lipinski definition) is 1. The largest absolute Gasteiger partial charge is 0.493 e. The van der Waals surface area contributed by atoms with Crippen molar-refractivity contribution < 1.29 is 14.0 Å². The standard InChI is InChI=1S/C25H34N4O3/c1-25(2,3)31-18-29-14-11-19(12-15-29)7-6-16-30-21-9-4-10-22-23(21)24(28-32-22)27-20-8-5-13-26-17-20/h4-5,8-10,13,17,19H,6-7,11-12,14-16,18H2,1-3H3,(H,27,28). The van der Waals surface area contributed by atoms with Crippen LogP contribution in [-0.2, 0) is 4.74 Å². The van der Waals surface area contributed by atoms with Gasteiger partial charge in [-0.05, 0) is 76.6 Å². The topological polar surface area (TPSA) is 72.7 Å². The lowest BCUT2D eigenvalue weighted by Crippen LogP contribution is -2.38. The van der Waals surface area contributed by atoms with E-state index in [0.29, 0.717) is 18.0 Å². The fraction of sp³-hybridized carbons (Fsp3) is 0.520. The first-order valence-electron chi connectivity index (χ1n) is 11.5. The summed E-state index contributed by atoms with van der Waals surface area (Å²) < 4.78 is 17.6. The van der Waals surface area contributed by atoms with Gasteiger partial charge in [-0.1, -0.05) is 11.2 Å². The summed E-state index contributed by atoms with van der Waals surface area (Å²) in [7, 11) is 0. The maximum Gasteiger partial charge on any atom is 0.185 e. The number of ether oxygens (including phenoxy) is 2. The number of likely N-dealkylation sites (tertiary alicyclic amines) is 1. The Morgan fingerprint density at radius 1 is 1.16 bits per heavy atom. The van der Waals surface area contributed by atoms with Crippen LogP contribution < -0.4 is 10.1 Å². The van der Waals surface area contributed by atoms with E-state index in [2.05, 4.69) is 41.1 Å². The molecule has 1 aliphatic rings. The molecule has 0 amide bonds. The van der Waals surface area contributed by atoms with Gasteiger partial charge in [-0.15, -0.1) is 0 Å². The van der Waals surface area contributed by atoms with E-state index in [1.807, 2.05) is 30.3 Å². The van der Waals surface area contributed by atoms with Crippen molar-refractivity contribution in [3.8, 4) is 5.75 Å². The van der Waals surface area contributed by atoms with Crippen LogP contribution in [0, 0.1) is 5.92 Å². The molecule has 4 rings (SSSR count). The van der Waals surface area contributed by atoms with Crippen molar-refractivity contribution in [3.63, 3.8) is 0 Å². The van der Waals surface area contributed by atoms with Crippen LogP contribution >= 0.6 is 0 Å². The summed E-state index contributed by atoms with van der Waals surface area (Å²) in [4.78, 5) is 6.55. The second-order valence-corrected chi connectivity index (χ2v) is 9.47. The van der Waals surface area contributed by atoms with Crippen molar-refractivity contribution >= 4 is 22.5 Å². The first-order valence-corrected chi connectivity index (χ1v) is 11.5. The number of benzene rings is 1. The highest BCUT2D eigenvalue weighted by molar-refractivity contribution is 5.95. The molecule has 0 atom stereocenters. The lowest BCUT2D eigenvalue weighted by Gasteiger charge is -2.33. The molecule has 0 saturated carbocycles. The lowest BCUT2D eigenvalue weighted by molar-refractivity contribution is -0.0714. The van der Waals surface area contributed by atoms with E-state index < -0.39 is 0 Å². The second kappa shape index (κ2) is 10.3. The van der Waals surface area contributed by atoms with Gasteiger partial charge in [-0.3, -0.25) is 9.88 Å². The first kappa shape index (κ1) is 22.6. The number of fused-ring (bicyclic) bond motifs is 1.